The number of aromatic nitrogens is 2. The quantitative estimate of drug-likeness (QED) is 0.372. The molecule has 198 valence electrons. The Morgan fingerprint density at radius 3 is 2.08 bits per heavy atom. The predicted molar refractivity (Wildman–Crippen MR) is 141 cm³/mol. The van der Waals surface area contributed by atoms with Gasteiger partial charge < -0.3 is 19.1 Å². The maximum absolute atomic E-state index is 13.5. The highest BCUT2D eigenvalue weighted by Gasteiger charge is 2.35. The first-order valence-electron chi connectivity index (χ1n) is 12.0. The van der Waals surface area contributed by atoms with Gasteiger partial charge in [-0.2, -0.15) is 14.1 Å². The summed E-state index contributed by atoms with van der Waals surface area (Å²) >= 11 is 0. The monoisotopic (exact) mass is 528 g/mol. The van der Waals surface area contributed by atoms with Crippen LogP contribution in [0.5, 0.6) is 5.75 Å². The summed E-state index contributed by atoms with van der Waals surface area (Å²) in [5.41, 5.74) is 1.71. The normalized spacial score (nSPS) is 14.7. The number of rotatable bonds is 11. The molecule has 1 aliphatic heterocycles. The summed E-state index contributed by atoms with van der Waals surface area (Å²) in [4.78, 5) is 15.5. The van der Waals surface area contributed by atoms with E-state index in [-0.39, 0.29) is 44.2 Å². The van der Waals surface area contributed by atoms with E-state index in [0.29, 0.717) is 24.5 Å². The van der Waals surface area contributed by atoms with Crippen molar-refractivity contribution in [3.8, 4) is 11.4 Å². The van der Waals surface area contributed by atoms with E-state index in [1.807, 2.05) is 53.4 Å². The van der Waals surface area contributed by atoms with Crippen molar-refractivity contribution < 1.29 is 22.6 Å². The lowest BCUT2D eigenvalue weighted by Gasteiger charge is -2.37. The Hall–Kier alpha value is -3.25. The van der Waals surface area contributed by atoms with E-state index in [4.69, 9.17) is 14.2 Å². The van der Waals surface area contributed by atoms with Crippen molar-refractivity contribution in [2.75, 3.05) is 58.5 Å². The van der Waals surface area contributed by atoms with Crippen LogP contribution in [0, 0.1) is 0 Å². The second-order valence-corrected chi connectivity index (χ2v) is 10.9. The number of piperazine rings is 1. The second-order valence-electron chi connectivity index (χ2n) is 8.65. The molecule has 0 bridgehead atoms. The Kier molecular flexibility index (Phi) is 8.93. The number of nitrogens with zero attached hydrogens (tertiary/aromatic N) is 4. The molecule has 1 fully saturated rings. The Balaban J connectivity index is 1.59. The first-order valence-corrected chi connectivity index (χ1v) is 13.5. The van der Waals surface area contributed by atoms with Crippen LogP contribution in [0.25, 0.3) is 5.69 Å². The summed E-state index contributed by atoms with van der Waals surface area (Å²) in [5, 5.41) is 3.62. The Bertz CT molecular complexity index is 1300. The fraction of sp³-hybridized carbons (Fsp3) is 0.385. The largest absolute Gasteiger partial charge is 0.481 e. The molecule has 11 heteroatoms. The van der Waals surface area contributed by atoms with E-state index in [9.17, 15) is 13.2 Å². The van der Waals surface area contributed by atoms with E-state index in [1.54, 1.807) is 18.3 Å². The fourth-order valence-corrected chi connectivity index (χ4v) is 5.97. The zero-order chi connectivity index (χ0) is 26.3. The highest BCUT2D eigenvalue weighted by atomic mass is 32.2. The van der Waals surface area contributed by atoms with Gasteiger partial charge in [0.15, 0.2) is 0 Å². The van der Waals surface area contributed by atoms with Gasteiger partial charge >= 0.3 is 5.56 Å². The van der Waals surface area contributed by atoms with Crippen molar-refractivity contribution in [1.29, 1.82) is 0 Å². The molecule has 0 unspecified atom stereocenters. The summed E-state index contributed by atoms with van der Waals surface area (Å²) in [6.45, 7) is 1.59. The minimum atomic E-state index is -3.62. The van der Waals surface area contributed by atoms with Gasteiger partial charge in [0.05, 0.1) is 25.1 Å². The third kappa shape index (κ3) is 6.19. The van der Waals surface area contributed by atoms with Crippen LogP contribution in [0.15, 0.2) is 71.7 Å². The molecule has 0 saturated carbocycles. The predicted octanol–water partition coefficient (Wildman–Crippen LogP) is 1.92. The van der Waals surface area contributed by atoms with Gasteiger partial charge in [-0.05, 0) is 17.7 Å². The van der Waals surface area contributed by atoms with E-state index >= 15 is 0 Å². The minimum Gasteiger partial charge on any atom is -0.481 e. The Labute approximate surface area is 217 Å². The molecule has 1 saturated heterocycles. The molecule has 0 aliphatic carbocycles. The first-order chi connectivity index (χ1) is 18.0. The SMILES string of the molecule is COCC(COC)S(=O)(=O)N1CCN(c2cnn(-c3ccccc3)c(=O)c2OCc2ccccc2)CC1. The third-order valence-electron chi connectivity index (χ3n) is 6.21. The highest BCUT2D eigenvalue weighted by Crippen LogP contribution is 2.27. The Morgan fingerprint density at radius 1 is 0.892 bits per heavy atom. The molecule has 0 spiro atoms. The van der Waals surface area contributed by atoms with Crippen LogP contribution in [0.1, 0.15) is 5.56 Å². The van der Waals surface area contributed by atoms with Gasteiger partial charge in [-0.15, -0.1) is 0 Å². The average molecular weight is 529 g/mol. The summed E-state index contributed by atoms with van der Waals surface area (Å²) in [7, 11) is -0.677. The number of para-hydroxylation sites is 1. The smallest absolute Gasteiger partial charge is 0.316 e. The van der Waals surface area contributed by atoms with Crippen LogP contribution in [0.3, 0.4) is 0 Å². The molecular weight excluding hydrogens is 496 g/mol. The molecule has 2 heterocycles. The molecule has 1 aliphatic rings. The summed E-state index contributed by atoms with van der Waals surface area (Å²) in [5.74, 6) is 0.177. The second kappa shape index (κ2) is 12.3. The fourth-order valence-electron chi connectivity index (χ4n) is 4.26. The molecule has 4 rings (SSSR count). The maximum atomic E-state index is 13.5. The number of benzene rings is 2. The zero-order valence-corrected chi connectivity index (χ0v) is 21.8. The van der Waals surface area contributed by atoms with Crippen molar-refractivity contribution in [2.24, 2.45) is 0 Å². The topological polar surface area (TPSA) is 103 Å². The lowest BCUT2D eigenvalue weighted by molar-refractivity contribution is 0.138. The number of hydrogen-bond acceptors (Lipinski definition) is 8. The van der Waals surface area contributed by atoms with Crippen LogP contribution >= 0.6 is 0 Å². The zero-order valence-electron chi connectivity index (χ0n) is 21.0. The number of anilines is 1. The third-order valence-corrected chi connectivity index (χ3v) is 8.41. The van der Waals surface area contributed by atoms with Crippen molar-refractivity contribution in [3.63, 3.8) is 0 Å². The van der Waals surface area contributed by atoms with Crippen molar-refractivity contribution in [2.45, 2.75) is 11.9 Å². The lowest BCUT2D eigenvalue weighted by atomic mass is 10.2. The van der Waals surface area contributed by atoms with Gasteiger partial charge in [-0.3, -0.25) is 4.79 Å². The molecular formula is C26H32N4O6S. The van der Waals surface area contributed by atoms with E-state index < -0.39 is 15.3 Å². The van der Waals surface area contributed by atoms with Crippen LogP contribution < -0.4 is 15.2 Å². The molecule has 10 nitrogen and oxygen atoms in total. The molecule has 3 aromatic rings. The van der Waals surface area contributed by atoms with Crippen LogP contribution in [0.2, 0.25) is 0 Å². The first kappa shape index (κ1) is 26.8. The van der Waals surface area contributed by atoms with Gasteiger partial charge in [0.25, 0.3) is 0 Å². The molecule has 0 N–H and O–H groups in total. The number of ether oxygens (including phenoxy) is 3. The molecule has 0 atom stereocenters. The molecule has 1 aromatic heterocycles. The molecule has 37 heavy (non-hydrogen) atoms. The lowest BCUT2D eigenvalue weighted by Crippen LogP contribution is -2.52. The maximum Gasteiger partial charge on any atom is 0.316 e. The van der Waals surface area contributed by atoms with Crippen molar-refractivity contribution in [3.05, 3.63) is 82.8 Å². The molecule has 0 radical (unpaired) electrons. The number of hydrogen-bond donors (Lipinski definition) is 0. The Morgan fingerprint density at radius 2 is 1.49 bits per heavy atom. The molecule has 2 aromatic carbocycles. The van der Waals surface area contributed by atoms with E-state index in [2.05, 4.69) is 5.10 Å². The minimum absolute atomic E-state index is 0.0511. The van der Waals surface area contributed by atoms with Gasteiger partial charge in [-0.25, -0.2) is 8.42 Å². The number of methoxy groups -OCH3 is 2. The molecule has 0 amide bonds. The summed E-state index contributed by atoms with van der Waals surface area (Å²) in [6.07, 6.45) is 1.61. The number of sulfonamides is 1. The summed E-state index contributed by atoms with van der Waals surface area (Å²) in [6, 6.07) is 18.7. The van der Waals surface area contributed by atoms with Crippen LogP contribution in [-0.2, 0) is 26.1 Å². The van der Waals surface area contributed by atoms with Crippen LogP contribution in [0.4, 0.5) is 5.69 Å². The van der Waals surface area contributed by atoms with Crippen LogP contribution in [-0.4, -0.2) is 81.4 Å². The van der Waals surface area contributed by atoms with Crippen molar-refractivity contribution >= 4 is 15.7 Å². The average Bonchev–Trinajstić information content (AvgIpc) is 2.93. The van der Waals surface area contributed by atoms with Gasteiger partial charge in [0.2, 0.25) is 15.8 Å². The van der Waals surface area contributed by atoms with E-state index in [0.717, 1.165) is 5.56 Å². The van der Waals surface area contributed by atoms with E-state index in [1.165, 1.54) is 23.2 Å². The summed E-state index contributed by atoms with van der Waals surface area (Å²) < 4.78 is 45.4. The van der Waals surface area contributed by atoms with Gasteiger partial charge in [0, 0.05) is 40.4 Å². The van der Waals surface area contributed by atoms with Gasteiger partial charge in [-0.1, -0.05) is 48.5 Å². The highest BCUT2D eigenvalue weighted by molar-refractivity contribution is 7.89. The standard InChI is InChI=1S/C26H32N4O6S/c1-34-19-23(20-35-2)37(32,33)29-15-13-28(14-16-29)24-17-27-30(22-11-7-4-8-12-22)26(31)25(24)36-18-21-9-5-3-6-10-21/h3-12,17,23H,13-16,18-20H2,1-2H3. The van der Waals surface area contributed by atoms with Crippen molar-refractivity contribution in [1.82, 2.24) is 14.1 Å². The van der Waals surface area contributed by atoms with Gasteiger partial charge in [0.1, 0.15) is 17.5 Å².